The van der Waals surface area contributed by atoms with Gasteiger partial charge in [-0.25, -0.2) is 8.42 Å². The SMILES string of the molecule is CC1Cc2c([nH]c3ccc(S(=O)(=O)c4ccccc4)cc23)CCN1. The van der Waals surface area contributed by atoms with Crippen molar-refractivity contribution >= 4 is 20.7 Å². The van der Waals surface area contributed by atoms with Gasteiger partial charge >= 0.3 is 0 Å². The molecule has 0 fully saturated rings. The molecule has 2 heterocycles. The molecule has 0 aliphatic carbocycles. The minimum Gasteiger partial charge on any atom is -0.358 e. The predicted octanol–water partition coefficient (Wildman–Crippen LogP) is 3.08. The lowest BCUT2D eigenvalue weighted by Gasteiger charge is -2.09. The van der Waals surface area contributed by atoms with Crippen LogP contribution in [0.3, 0.4) is 0 Å². The fraction of sp³-hybridized carbons (Fsp3) is 0.263. The standard InChI is InChI=1S/C19H20N2O2S/c1-13-11-16-17-12-15(24(22,23)14-5-3-2-4-6-14)7-8-18(17)21-19(16)9-10-20-13/h2-8,12-13,20-21H,9-11H2,1H3. The first-order chi connectivity index (χ1) is 11.6. The highest BCUT2D eigenvalue weighted by molar-refractivity contribution is 7.91. The van der Waals surface area contributed by atoms with Crippen LogP contribution in [0, 0.1) is 0 Å². The monoisotopic (exact) mass is 340 g/mol. The van der Waals surface area contributed by atoms with Crippen LogP contribution in [-0.4, -0.2) is 26.0 Å². The van der Waals surface area contributed by atoms with E-state index >= 15 is 0 Å². The fourth-order valence-electron chi connectivity index (χ4n) is 3.45. The number of H-pyrrole nitrogens is 1. The van der Waals surface area contributed by atoms with Gasteiger partial charge < -0.3 is 10.3 Å². The molecule has 1 atom stereocenters. The van der Waals surface area contributed by atoms with Gasteiger partial charge in [-0.05, 0) is 49.2 Å². The summed E-state index contributed by atoms with van der Waals surface area (Å²) >= 11 is 0. The second-order valence-electron chi connectivity index (χ2n) is 6.42. The Kier molecular flexibility index (Phi) is 3.70. The molecule has 0 saturated carbocycles. The van der Waals surface area contributed by atoms with E-state index in [1.54, 1.807) is 30.3 Å². The summed E-state index contributed by atoms with van der Waals surface area (Å²) in [6.45, 7) is 3.11. The molecule has 124 valence electrons. The first-order valence-corrected chi connectivity index (χ1v) is 9.71. The summed E-state index contributed by atoms with van der Waals surface area (Å²) in [6, 6.07) is 14.4. The van der Waals surface area contributed by atoms with Crippen molar-refractivity contribution in [3.63, 3.8) is 0 Å². The molecular weight excluding hydrogens is 320 g/mol. The van der Waals surface area contributed by atoms with Crippen molar-refractivity contribution in [2.24, 2.45) is 0 Å². The molecule has 1 aliphatic rings. The zero-order chi connectivity index (χ0) is 16.7. The molecular formula is C19H20N2O2S. The van der Waals surface area contributed by atoms with Crippen molar-refractivity contribution in [1.82, 2.24) is 10.3 Å². The molecule has 0 saturated heterocycles. The molecule has 0 bridgehead atoms. The van der Waals surface area contributed by atoms with E-state index in [1.165, 1.54) is 11.3 Å². The van der Waals surface area contributed by atoms with E-state index in [1.807, 2.05) is 18.2 Å². The van der Waals surface area contributed by atoms with Crippen molar-refractivity contribution in [2.75, 3.05) is 6.54 Å². The van der Waals surface area contributed by atoms with Crippen molar-refractivity contribution in [3.05, 3.63) is 59.8 Å². The van der Waals surface area contributed by atoms with Crippen LogP contribution >= 0.6 is 0 Å². The molecule has 4 rings (SSSR count). The van der Waals surface area contributed by atoms with E-state index in [0.29, 0.717) is 15.8 Å². The van der Waals surface area contributed by atoms with Gasteiger partial charge in [-0.1, -0.05) is 18.2 Å². The number of rotatable bonds is 2. The van der Waals surface area contributed by atoms with Gasteiger partial charge in [-0.2, -0.15) is 0 Å². The van der Waals surface area contributed by atoms with Crippen LogP contribution in [0.2, 0.25) is 0 Å². The number of hydrogen-bond acceptors (Lipinski definition) is 3. The summed E-state index contributed by atoms with van der Waals surface area (Å²) in [7, 11) is -3.49. The molecule has 4 nitrogen and oxygen atoms in total. The van der Waals surface area contributed by atoms with E-state index in [9.17, 15) is 8.42 Å². The molecule has 24 heavy (non-hydrogen) atoms. The number of fused-ring (bicyclic) bond motifs is 3. The lowest BCUT2D eigenvalue weighted by Crippen LogP contribution is -2.27. The van der Waals surface area contributed by atoms with Crippen LogP contribution in [0.5, 0.6) is 0 Å². The van der Waals surface area contributed by atoms with Crippen LogP contribution in [0.4, 0.5) is 0 Å². The molecule has 1 aromatic heterocycles. The Balaban J connectivity index is 1.87. The van der Waals surface area contributed by atoms with Crippen LogP contribution in [0.15, 0.2) is 58.3 Å². The van der Waals surface area contributed by atoms with Gasteiger partial charge in [0.05, 0.1) is 9.79 Å². The Labute approximate surface area is 141 Å². The smallest absolute Gasteiger partial charge is 0.206 e. The van der Waals surface area contributed by atoms with Gasteiger partial charge in [-0.15, -0.1) is 0 Å². The molecule has 0 spiro atoms. The predicted molar refractivity (Wildman–Crippen MR) is 95.1 cm³/mol. The van der Waals surface area contributed by atoms with E-state index < -0.39 is 9.84 Å². The molecule has 0 amide bonds. The minimum absolute atomic E-state index is 0.334. The summed E-state index contributed by atoms with van der Waals surface area (Å²) in [6.07, 6.45) is 1.85. The van der Waals surface area contributed by atoms with Gasteiger partial charge in [0.15, 0.2) is 0 Å². The highest BCUT2D eigenvalue weighted by Gasteiger charge is 2.21. The maximum absolute atomic E-state index is 12.9. The van der Waals surface area contributed by atoms with Crippen LogP contribution in [0.1, 0.15) is 18.2 Å². The number of benzene rings is 2. The summed E-state index contributed by atoms with van der Waals surface area (Å²) in [4.78, 5) is 4.15. The Bertz CT molecular complexity index is 991. The Morgan fingerprint density at radius 3 is 2.62 bits per heavy atom. The first kappa shape index (κ1) is 15.4. The molecule has 5 heteroatoms. The maximum Gasteiger partial charge on any atom is 0.206 e. The second-order valence-corrected chi connectivity index (χ2v) is 8.36. The maximum atomic E-state index is 12.9. The Morgan fingerprint density at radius 1 is 1.04 bits per heavy atom. The largest absolute Gasteiger partial charge is 0.358 e. The first-order valence-electron chi connectivity index (χ1n) is 8.23. The van der Waals surface area contributed by atoms with Gasteiger partial charge in [0, 0.05) is 35.6 Å². The number of sulfone groups is 1. The number of hydrogen-bond donors (Lipinski definition) is 2. The molecule has 3 aromatic rings. The molecule has 2 aromatic carbocycles. The lowest BCUT2D eigenvalue weighted by molar-refractivity contribution is 0.568. The van der Waals surface area contributed by atoms with Crippen LogP contribution in [0.25, 0.3) is 10.9 Å². The molecule has 1 aliphatic heterocycles. The third-order valence-corrected chi connectivity index (χ3v) is 6.48. The zero-order valence-corrected chi connectivity index (χ0v) is 14.4. The molecule has 0 radical (unpaired) electrons. The summed E-state index contributed by atoms with van der Waals surface area (Å²) < 4.78 is 25.8. The van der Waals surface area contributed by atoms with E-state index in [0.717, 1.165) is 30.3 Å². The average molecular weight is 340 g/mol. The van der Waals surface area contributed by atoms with Gasteiger partial charge in [-0.3, -0.25) is 0 Å². The van der Waals surface area contributed by atoms with Gasteiger partial charge in [0.1, 0.15) is 0 Å². The minimum atomic E-state index is -3.49. The van der Waals surface area contributed by atoms with Crippen molar-refractivity contribution in [3.8, 4) is 0 Å². The van der Waals surface area contributed by atoms with Crippen LogP contribution < -0.4 is 5.32 Å². The van der Waals surface area contributed by atoms with Crippen molar-refractivity contribution in [1.29, 1.82) is 0 Å². The number of nitrogens with one attached hydrogen (secondary N) is 2. The Morgan fingerprint density at radius 2 is 1.83 bits per heavy atom. The molecule has 1 unspecified atom stereocenters. The average Bonchev–Trinajstić information content (AvgIpc) is 2.81. The summed E-state index contributed by atoms with van der Waals surface area (Å²) in [5.41, 5.74) is 3.48. The highest BCUT2D eigenvalue weighted by atomic mass is 32.2. The summed E-state index contributed by atoms with van der Waals surface area (Å²) in [5.74, 6) is 0. The van der Waals surface area contributed by atoms with Gasteiger partial charge in [0.25, 0.3) is 0 Å². The van der Waals surface area contributed by atoms with E-state index in [4.69, 9.17) is 0 Å². The van der Waals surface area contributed by atoms with E-state index in [-0.39, 0.29) is 0 Å². The highest BCUT2D eigenvalue weighted by Crippen LogP contribution is 2.30. The third kappa shape index (κ3) is 2.54. The normalized spacial score (nSPS) is 18.3. The second kappa shape index (κ2) is 5.76. The third-order valence-electron chi connectivity index (χ3n) is 4.71. The lowest BCUT2D eigenvalue weighted by atomic mass is 10.0. The Hall–Kier alpha value is -2.11. The number of aromatic nitrogens is 1. The van der Waals surface area contributed by atoms with Crippen molar-refractivity contribution < 1.29 is 8.42 Å². The quantitative estimate of drug-likeness (QED) is 0.754. The summed E-state index contributed by atoms with van der Waals surface area (Å²) in [5, 5.41) is 4.50. The van der Waals surface area contributed by atoms with Gasteiger partial charge in [0.2, 0.25) is 9.84 Å². The van der Waals surface area contributed by atoms with Crippen molar-refractivity contribution in [2.45, 2.75) is 35.6 Å². The zero-order valence-electron chi connectivity index (χ0n) is 13.5. The molecule has 2 N–H and O–H groups in total. The number of aromatic amines is 1. The van der Waals surface area contributed by atoms with E-state index in [2.05, 4.69) is 17.2 Å². The van der Waals surface area contributed by atoms with Crippen LogP contribution in [-0.2, 0) is 22.7 Å². The topological polar surface area (TPSA) is 62.0 Å². The fourth-order valence-corrected chi connectivity index (χ4v) is 4.76.